The predicted molar refractivity (Wildman–Crippen MR) is 58.5 cm³/mol. The Morgan fingerprint density at radius 2 is 2.00 bits per heavy atom. The summed E-state index contributed by atoms with van der Waals surface area (Å²) < 4.78 is 25.3. The van der Waals surface area contributed by atoms with Gasteiger partial charge in [-0.05, 0) is 30.7 Å². The largest absolute Gasteiger partial charge is 0.330 e. The van der Waals surface area contributed by atoms with Gasteiger partial charge in [0.05, 0.1) is 5.75 Å². The molecule has 0 aromatic carbocycles. The zero-order valence-electron chi connectivity index (χ0n) is 8.39. The molecule has 1 aromatic heterocycles. The second-order valence-corrected chi connectivity index (χ2v) is 5.06. The van der Waals surface area contributed by atoms with E-state index in [1.807, 2.05) is 0 Å². The fraction of sp³-hybridized carbons (Fsp3) is 0.444. The van der Waals surface area contributed by atoms with Gasteiger partial charge in [0.25, 0.3) is 0 Å². The van der Waals surface area contributed by atoms with Gasteiger partial charge >= 0.3 is 0 Å². The molecule has 0 atom stereocenters. The summed E-state index contributed by atoms with van der Waals surface area (Å²) in [5.41, 5.74) is 6.13. The van der Waals surface area contributed by atoms with E-state index in [1.54, 1.807) is 24.5 Å². The molecule has 5 nitrogen and oxygen atoms in total. The molecule has 0 fully saturated rings. The summed E-state index contributed by atoms with van der Waals surface area (Å²) in [6.45, 7) is 0.686. The maximum atomic E-state index is 11.4. The van der Waals surface area contributed by atoms with Crippen LogP contribution in [0.15, 0.2) is 24.5 Å². The average molecular weight is 229 g/mol. The van der Waals surface area contributed by atoms with E-state index < -0.39 is 10.0 Å². The van der Waals surface area contributed by atoms with Crippen molar-refractivity contribution in [1.82, 2.24) is 9.71 Å². The van der Waals surface area contributed by atoms with Crippen molar-refractivity contribution in [2.75, 3.05) is 12.3 Å². The van der Waals surface area contributed by atoms with Gasteiger partial charge in [-0.15, -0.1) is 0 Å². The Labute approximate surface area is 89.8 Å². The minimum atomic E-state index is -3.19. The molecule has 0 aliphatic rings. The number of nitrogens with zero attached hydrogens (tertiary/aromatic N) is 1. The van der Waals surface area contributed by atoms with Crippen molar-refractivity contribution in [3.63, 3.8) is 0 Å². The van der Waals surface area contributed by atoms with Crippen molar-refractivity contribution in [1.29, 1.82) is 0 Å². The minimum absolute atomic E-state index is 0.0780. The first-order valence-electron chi connectivity index (χ1n) is 4.70. The molecule has 1 rings (SSSR count). The molecule has 84 valence electrons. The second kappa shape index (κ2) is 5.79. The van der Waals surface area contributed by atoms with Crippen LogP contribution in [0.4, 0.5) is 0 Å². The molecule has 0 radical (unpaired) electrons. The standard InChI is InChI=1S/C9H15N3O2S/c10-4-1-7-15(13,14)12-8-9-2-5-11-6-3-9/h2-3,5-6,12H,1,4,7-8,10H2. The van der Waals surface area contributed by atoms with Gasteiger partial charge in [0.2, 0.25) is 10.0 Å². The summed E-state index contributed by atoms with van der Waals surface area (Å²) in [5.74, 6) is 0.0780. The van der Waals surface area contributed by atoms with Gasteiger partial charge in [-0.3, -0.25) is 4.98 Å². The highest BCUT2D eigenvalue weighted by molar-refractivity contribution is 7.89. The predicted octanol–water partition coefficient (Wildman–Crippen LogP) is -0.150. The molecule has 0 saturated heterocycles. The topological polar surface area (TPSA) is 85.1 Å². The van der Waals surface area contributed by atoms with E-state index in [4.69, 9.17) is 5.73 Å². The zero-order chi connectivity index (χ0) is 11.1. The van der Waals surface area contributed by atoms with Crippen molar-refractivity contribution >= 4 is 10.0 Å². The number of pyridine rings is 1. The molecule has 0 saturated carbocycles. The van der Waals surface area contributed by atoms with Crippen LogP contribution in [0.5, 0.6) is 0 Å². The van der Waals surface area contributed by atoms with Crippen LogP contribution < -0.4 is 10.5 Å². The van der Waals surface area contributed by atoms with Gasteiger partial charge in [0.15, 0.2) is 0 Å². The Balaban J connectivity index is 2.43. The summed E-state index contributed by atoms with van der Waals surface area (Å²) in [5, 5.41) is 0. The number of nitrogens with two attached hydrogens (primary N) is 1. The molecule has 1 heterocycles. The highest BCUT2D eigenvalue weighted by Crippen LogP contribution is 1.97. The molecule has 0 aliphatic carbocycles. The van der Waals surface area contributed by atoms with Crippen LogP contribution in [0.25, 0.3) is 0 Å². The van der Waals surface area contributed by atoms with E-state index in [0.717, 1.165) is 5.56 Å². The lowest BCUT2D eigenvalue weighted by molar-refractivity contribution is 0.579. The normalized spacial score (nSPS) is 11.5. The monoisotopic (exact) mass is 229 g/mol. The Kier molecular flexibility index (Phi) is 4.67. The highest BCUT2D eigenvalue weighted by atomic mass is 32.2. The average Bonchev–Trinajstić information content (AvgIpc) is 2.25. The zero-order valence-corrected chi connectivity index (χ0v) is 9.20. The first-order valence-corrected chi connectivity index (χ1v) is 6.35. The third-order valence-electron chi connectivity index (χ3n) is 1.86. The van der Waals surface area contributed by atoms with Crippen molar-refractivity contribution < 1.29 is 8.42 Å². The van der Waals surface area contributed by atoms with E-state index in [-0.39, 0.29) is 5.75 Å². The SMILES string of the molecule is NCCCS(=O)(=O)NCc1ccncc1. The molecule has 0 spiro atoms. The van der Waals surface area contributed by atoms with Gasteiger partial charge in [0, 0.05) is 18.9 Å². The van der Waals surface area contributed by atoms with Crippen molar-refractivity contribution in [3.05, 3.63) is 30.1 Å². The molecule has 0 unspecified atom stereocenters. The molecule has 0 aliphatic heterocycles. The third-order valence-corrected chi connectivity index (χ3v) is 3.27. The van der Waals surface area contributed by atoms with Crippen molar-refractivity contribution in [2.45, 2.75) is 13.0 Å². The summed E-state index contributed by atoms with van der Waals surface area (Å²) in [4.78, 5) is 3.85. The first-order chi connectivity index (χ1) is 7.14. The van der Waals surface area contributed by atoms with Crippen LogP contribution in [-0.4, -0.2) is 25.7 Å². The highest BCUT2D eigenvalue weighted by Gasteiger charge is 2.08. The molecule has 15 heavy (non-hydrogen) atoms. The van der Waals surface area contributed by atoms with E-state index in [0.29, 0.717) is 19.5 Å². The van der Waals surface area contributed by atoms with Crippen LogP contribution in [-0.2, 0) is 16.6 Å². The third kappa shape index (κ3) is 4.87. The number of rotatable bonds is 6. The number of nitrogens with one attached hydrogen (secondary N) is 1. The smallest absolute Gasteiger partial charge is 0.211 e. The van der Waals surface area contributed by atoms with Crippen LogP contribution in [0.1, 0.15) is 12.0 Å². The van der Waals surface area contributed by atoms with Crippen LogP contribution in [0, 0.1) is 0 Å². The summed E-state index contributed by atoms with van der Waals surface area (Å²) in [6.07, 6.45) is 3.73. The van der Waals surface area contributed by atoms with E-state index >= 15 is 0 Å². The molecule has 0 amide bonds. The summed E-state index contributed by atoms with van der Waals surface area (Å²) in [7, 11) is -3.19. The molecule has 3 N–H and O–H groups in total. The number of sulfonamides is 1. The minimum Gasteiger partial charge on any atom is -0.330 e. The molecular formula is C9H15N3O2S. The van der Waals surface area contributed by atoms with Gasteiger partial charge in [-0.1, -0.05) is 0 Å². The fourth-order valence-electron chi connectivity index (χ4n) is 1.04. The van der Waals surface area contributed by atoms with E-state index in [2.05, 4.69) is 9.71 Å². The Morgan fingerprint density at radius 1 is 1.33 bits per heavy atom. The van der Waals surface area contributed by atoms with Crippen molar-refractivity contribution in [2.24, 2.45) is 5.73 Å². The number of hydrogen-bond donors (Lipinski definition) is 2. The Hall–Kier alpha value is -0.980. The second-order valence-electron chi connectivity index (χ2n) is 3.14. The molecule has 6 heteroatoms. The van der Waals surface area contributed by atoms with Gasteiger partial charge in [-0.25, -0.2) is 13.1 Å². The van der Waals surface area contributed by atoms with Gasteiger partial charge in [-0.2, -0.15) is 0 Å². The maximum Gasteiger partial charge on any atom is 0.211 e. The molecule has 1 aromatic rings. The van der Waals surface area contributed by atoms with Gasteiger partial charge < -0.3 is 5.73 Å². The van der Waals surface area contributed by atoms with Gasteiger partial charge in [0.1, 0.15) is 0 Å². The molecular weight excluding hydrogens is 214 g/mol. The summed E-state index contributed by atoms with van der Waals surface area (Å²) in [6, 6.07) is 3.54. The Morgan fingerprint density at radius 3 is 2.60 bits per heavy atom. The van der Waals surface area contributed by atoms with Crippen LogP contribution in [0.3, 0.4) is 0 Å². The summed E-state index contributed by atoms with van der Waals surface area (Å²) >= 11 is 0. The fourth-order valence-corrected chi connectivity index (χ4v) is 2.12. The number of hydrogen-bond acceptors (Lipinski definition) is 4. The maximum absolute atomic E-state index is 11.4. The lowest BCUT2D eigenvalue weighted by atomic mass is 10.3. The van der Waals surface area contributed by atoms with E-state index in [9.17, 15) is 8.42 Å². The lowest BCUT2D eigenvalue weighted by Crippen LogP contribution is -2.27. The molecule has 0 bridgehead atoms. The van der Waals surface area contributed by atoms with Crippen LogP contribution >= 0.6 is 0 Å². The quantitative estimate of drug-likeness (QED) is 0.710. The lowest BCUT2D eigenvalue weighted by Gasteiger charge is -2.05. The number of aromatic nitrogens is 1. The van der Waals surface area contributed by atoms with Crippen LogP contribution in [0.2, 0.25) is 0 Å². The van der Waals surface area contributed by atoms with E-state index in [1.165, 1.54) is 0 Å². The Bertz CT molecular complexity index is 378. The first kappa shape index (κ1) is 12.1. The van der Waals surface area contributed by atoms with Crippen molar-refractivity contribution in [3.8, 4) is 0 Å².